The smallest absolute Gasteiger partial charge is 0.308 e. The SMILES string of the molecule is CC1C(C(=O)O)CCN1S(=O)(=O)c1ccc(CC#N)cc1. The van der Waals surface area contributed by atoms with Crippen LogP contribution in [0.5, 0.6) is 0 Å². The molecule has 1 aliphatic heterocycles. The summed E-state index contributed by atoms with van der Waals surface area (Å²) in [4.78, 5) is 11.2. The average Bonchev–Trinajstić information content (AvgIpc) is 2.82. The molecule has 1 aromatic rings. The number of sulfonamides is 1. The van der Waals surface area contributed by atoms with Crippen molar-refractivity contribution in [1.29, 1.82) is 5.26 Å². The van der Waals surface area contributed by atoms with Crippen LogP contribution in [0.4, 0.5) is 0 Å². The zero-order valence-electron chi connectivity index (χ0n) is 11.6. The van der Waals surface area contributed by atoms with Crippen molar-refractivity contribution in [3.63, 3.8) is 0 Å². The van der Waals surface area contributed by atoms with Crippen LogP contribution in [0, 0.1) is 17.2 Å². The fraction of sp³-hybridized carbons (Fsp3) is 0.429. The number of carbonyl (C=O) groups is 1. The second-order valence-corrected chi connectivity index (χ2v) is 6.96. The van der Waals surface area contributed by atoms with Gasteiger partial charge in [0.2, 0.25) is 10.0 Å². The minimum Gasteiger partial charge on any atom is -0.481 e. The number of carboxylic acids is 1. The van der Waals surface area contributed by atoms with E-state index in [9.17, 15) is 13.2 Å². The number of benzene rings is 1. The molecular formula is C14H16N2O4S. The monoisotopic (exact) mass is 308 g/mol. The molecule has 1 aromatic carbocycles. The average molecular weight is 308 g/mol. The van der Waals surface area contributed by atoms with Crippen LogP contribution in [0.2, 0.25) is 0 Å². The molecule has 1 N–H and O–H groups in total. The van der Waals surface area contributed by atoms with Crippen LogP contribution >= 0.6 is 0 Å². The highest BCUT2D eigenvalue weighted by molar-refractivity contribution is 7.89. The Balaban J connectivity index is 2.26. The Bertz CT molecular complexity index is 676. The van der Waals surface area contributed by atoms with Gasteiger partial charge in [-0.05, 0) is 31.0 Å². The minimum absolute atomic E-state index is 0.127. The molecule has 0 bridgehead atoms. The van der Waals surface area contributed by atoms with Crippen molar-refractivity contribution >= 4 is 16.0 Å². The van der Waals surface area contributed by atoms with Gasteiger partial charge in [0.15, 0.2) is 0 Å². The van der Waals surface area contributed by atoms with Crippen molar-refractivity contribution in [3.05, 3.63) is 29.8 Å². The lowest BCUT2D eigenvalue weighted by Gasteiger charge is -2.22. The fourth-order valence-corrected chi connectivity index (χ4v) is 4.27. The number of hydrogen-bond acceptors (Lipinski definition) is 4. The predicted octanol–water partition coefficient (Wildman–Crippen LogP) is 1.24. The highest BCUT2D eigenvalue weighted by atomic mass is 32.2. The maximum absolute atomic E-state index is 12.6. The molecule has 1 heterocycles. The topological polar surface area (TPSA) is 98.5 Å². The summed E-state index contributed by atoms with van der Waals surface area (Å²) in [6.07, 6.45) is 0.545. The summed E-state index contributed by atoms with van der Waals surface area (Å²) in [5, 5.41) is 17.7. The van der Waals surface area contributed by atoms with Gasteiger partial charge in [-0.25, -0.2) is 8.42 Å². The van der Waals surface area contributed by atoms with Crippen LogP contribution < -0.4 is 0 Å². The second kappa shape index (κ2) is 5.84. The third-order valence-electron chi connectivity index (χ3n) is 3.83. The van der Waals surface area contributed by atoms with Gasteiger partial charge in [0, 0.05) is 12.6 Å². The quantitative estimate of drug-likeness (QED) is 0.902. The van der Waals surface area contributed by atoms with Gasteiger partial charge in [0.05, 0.1) is 23.3 Å². The molecule has 1 fully saturated rings. The lowest BCUT2D eigenvalue weighted by atomic mass is 10.0. The van der Waals surface area contributed by atoms with Crippen LogP contribution in [-0.4, -0.2) is 36.4 Å². The van der Waals surface area contributed by atoms with Crippen LogP contribution in [0.15, 0.2) is 29.2 Å². The molecule has 2 unspecified atom stereocenters. The van der Waals surface area contributed by atoms with Crippen molar-refractivity contribution in [2.24, 2.45) is 5.92 Å². The Hall–Kier alpha value is -1.91. The van der Waals surface area contributed by atoms with Crippen molar-refractivity contribution in [2.75, 3.05) is 6.54 Å². The largest absolute Gasteiger partial charge is 0.481 e. The summed E-state index contributed by atoms with van der Waals surface area (Å²) in [5.74, 6) is -1.64. The summed E-state index contributed by atoms with van der Waals surface area (Å²) < 4.78 is 26.3. The Morgan fingerprint density at radius 1 is 1.43 bits per heavy atom. The summed E-state index contributed by atoms with van der Waals surface area (Å²) in [5.41, 5.74) is 0.745. The Kier molecular flexibility index (Phi) is 4.30. The number of aliphatic carboxylic acids is 1. The van der Waals surface area contributed by atoms with E-state index in [2.05, 4.69) is 0 Å². The summed E-state index contributed by atoms with van der Waals surface area (Å²) >= 11 is 0. The predicted molar refractivity (Wildman–Crippen MR) is 74.9 cm³/mol. The van der Waals surface area contributed by atoms with E-state index in [4.69, 9.17) is 10.4 Å². The summed E-state index contributed by atoms with van der Waals surface area (Å²) in [6, 6.07) is 7.56. The molecular weight excluding hydrogens is 292 g/mol. The van der Waals surface area contributed by atoms with E-state index in [1.165, 1.54) is 16.4 Å². The second-order valence-electron chi connectivity index (χ2n) is 5.07. The minimum atomic E-state index is -3.70. The van der Waals surface area contributed by atoms with Crippen LogP contribution in [0.25, 0.3) is 0 Å². The first-order valence-electron chi connectivity index (χ1n) is 6.58. The Labute approximate surface area is 123 Å². The van der Waals surface area contributed by atoms with E-state index in [0.29, 0.717) is 6.42 Å². The Morgan fingerprint density at radius 3 is 2.52 bits per heavy atom. The fourth-order valence-electron chi connectivity index (χ4n) is 2.59. The molecule has 0 aromatic heterocycles. The number of rotatable bonds is 4. The van der Waals surface area contributed by atoms with Gasteiger partial charge in [0.25, 0.3) is 0 Å². The van der Waals surface area contributed by atoms with E-state index in [-0.39, 0.29) is 17.9 Å². The molecule has 21 heavy (non-hydrogen) atoms. The van der Waals surface area contributed by atoms with E-state index in [1.807, 2.05) is 6.07 Å². The molecule has 0 saturated carbocycles. The molecule has 1 aliphatic rings. The molecule has 0 amide bonds. The number of carboxylic acid groups (broad SMARTS) is 1. The molecule has 2 atom stereocenters. The van der Waals surface area contributed by atoms with E-state index < -0.39 is 28.0 Å². The van der Waals surface area contributed by atoms with Crippen molar-refractivity contribution in [2.45, 2.75) is 30.7 Å². The first kappa shape index (κ1) is 15.5. The molecule has 0 radical (unpaired) electrons. The first-order valence-corrected chi connectivity index (χ1v) is 8.02. The third-order valence-corrected chi connectivity index (χ3v) is 5.83. The van der Waals surface area contributed by atoms with Crippen molar-refractivity contribution in [1.82, 2.24) is 4.31 Å². The van der Waals surface area contributed by atoms with Gasteiger partial charge in [-0.1, -0.05) is 12.1 Å². The molecule has 0 aliphatic carbocycles. The van der Waals surface area contributed by atoms with Gasteiger partial charge >= 0.3 is 5.97 Å². The van der Waals surface area contributed by atoms with E-state index in [0.717, 1.165) is 5.56 Å². The Morgan fingerprint density at radius 2 is 2.05 bits per heavy atom. The first-order chi connectivity index (χ1) is 9.87. The zero-order valence-corrected chi connectivity index (χ0v) is 12.4. The lowest BCUT2D eigenvalue weighted by molar-refractivity contribution is -0.142. The number of nitriles is 1. The highest BCUT2D eigenvalue weighted by Crippen LogP contribution is 2.30. The highest BCUT2D eigenvalue weighted by Gasteiger charge is 2.42. The van der Waals surface area contributed by atoms with E-state index >= 15 is 0 Å². The van der Waals surface area contributed by atoms with Crippen LogP contribution in [0.1, 0.15) is 18.9 Å². The zero-order chi connectivity index (χ0) is 15.6. The molecule has 0 spiro atoms. The molecule has 2 rings (SSSR count). The molecule has 7 heteroatoms. The van der Waals surface area contributed by atoms with Crippen molar-refractivity contribution in [3.8, 4) is 6.07 Å². The van der Waals surface area contributed by atoms with Gasteiger partial charge in [-0.3, -0.25) is 4.79 Å². The molecule has 6 nitrogen and oxygen atoms in total. The van der Waals surface area contributed by atoms with Gasteiger partial charge in [-0.15, -0.1) is 0 Å². The maximum Gasteiger partial charge on any atom is 0.308 e. The third kappa shape index (κ3) is 2.91. The number of hydrogen-bond donors (Lipinski definition) is 1. The van der Waals surface area contributed by atoms with Crippen LogP contribution in [-0.2, 0) is 21.2 Å². The van der Waals surface area contributed by atoms with Crippen molar-refractivity contribution < 1.29 is 18.3 Å². The maximum atomic E-state index is 12.6. The standard InChI is InChI=1S/C14H16N2O4S/c1-10-13(14(17)18)7-9-16(10)21(19,20)12-4-2-11(3-5-12)6-8-15/h2-5,10,13H,6-7,9H2,1H3,(H,17,18). The van der Waals surface area contributed by atoms with Gasteiger partial charge in [0.1, 0.15) is 0 Å². The van der Waals surface area contributed by atoms with Gasteiger partial charge < -0.3 is 5.11 Å². The summed E-state index contributed by atoms with van der Waals surface area (Å²) in [7, 11) is -3.70. The normalized spacial score (nSPS) is 22.9. The van der Waals surface area contributed by atoms with Gasteiger partial charge in [-0.2, -0.15) is 9.57 Å². The van der Waals surface area contributed by atoms with Crippen LogP contribution in [0.3, 0.4) is 0 Å². The summed E-state index contributed by atoms with van der Waals surface area (Å²) in [6.45, 7) is 1.83. The molecule has 112 valence electrons. The lowest BCUT2D eigenvalue weighted by Crippen LogP contribution is -2.37. The van der Waals surface area contributed by atoms with E-state index in [1.54, 1.807) is 19.1 Å². The number of nitrogens with zero attached hydrogens (tertiary/aromatic N) is 2. The molecule has 1 saturated heterocycles.